The topological polar surface area (TPSA) is 49.2 Å². The van der Waals surface area contributed by atoms with Crippen molar-refractivity contribution in [2.45, 2.75) is 19.6 Å². The van der Waals surface area contributed by atoms with E-state index in [4.69, 9.17) is 20.8 Å². The van der Waals surface area contributed by atoms with E-state index < -0.39 is 0 Å². The Morgan fingerprint density at radius 3 is 2.24 bits per heavy atom. The minimum atomic E-state index is -0.0632. The molecular formula is C31H32ClN3O3. The molecule has 7 heteroatoms. The van der Waals surface area contributed by atoms with Gasteiger partial charge in [-0.15, -0.1) is 0 Å². The average Bonchev–Trinajstić information content (AvgIpc) is 3.42. The number of amides is 1. The predicted molar refractivity (Wildman–Crippen MR) is 151 cm³/mol. The molecule has 196 valence electrons. The Balaban J connectivity index is 1.23. The van der Waals surface area contributed by atoms with Gasteiger partial charge in [0.25, 0.3) is 5.91 Å². The van der Waals surface area contributed by atoms with Crippen LogP contribution in [0.1, 0.15) is 27.4 Å². The number of halogens is 1. The first kappa shape index (κ1) is 25.9. The SMILES string of the molecule is COc1ccc(CN(Cc2ccccc2)Cc2ccc(C(=O)N3CCN(c4cccc(Cl)c4)CC3)o2)cc1. The maximum Gasteiger partial charge on any atom is 0.289 e. The van der Waals surface area contributed by atoms with Crippen molar-refractivity contribution in [1.82, 2.24) is 9.80 Å². The first-order valence-electron chi connectivity index (χ1n) is 12.8. The van der Waals surface area contributed by atoms with Crippen LogP contribution in [0.4, 0.5) is 5.69 Å². The van der Waals surface area contributed by atoms with E-state index in [-0.39, 0.29) is 5.91 Å². The molecular weight excluding hydrogens is 498 g/mol. The summed E-state index contributed by atoms with van der Waals surface area (Å²) in [5, 5.41) is 0.720. The van der Waals surface area contributed by atoms with Crippen molar-refractivity contribution in [2.75, 3.05) is 38.2 Å². The molecule has 1 aromatic heterocycles. The molecule has 6 nitrogen and oxygen atoms in total. The van der Waals surface area contributed by atoms with Gasteiger partial charge in [-0.3, -0.25) is 9.69 Å². The van der Waals surface area contributed by atoms with E-state index in [1.807, 2.05) is 47.4 Å². The lowest BCUT2D eigenvalue weighted by Gasteiger charge is -2.35. The van der Waals surface area contributed by atoms with E-state index in [9.17, 15) is 4.79 Å². The van der Waals surface area contributed by atoms with Gasteiger partial charge >= 0.3 is 0 Å². The van der Waals surface area contributed by atoms with Crippen molar-refractivity contribution in [2.24, 2.45) is 0 Å². The molecule has 38 heavy (non-hydrogen) atoms. The summed E-state index contributed by atoms with van der Waals surface area (Å²) in [6.07, 6.45) is 0. The number of ether oxygens (including phenoxy) is 1. The van der Waals surface area contributed by atoms with Crippen LogP contribution < -0.4 is 9.64 Å². The first-order chi connectivity index (χ1) is 18.6. The van der Waals surface area contributed by atoms with Crippen molar-refractivity contribution in [3.8, 4) is 5.75 Å². The Kier molecular flexibility index (Phi) is 8.31. The standard InChI is InChI=1S/C31H32ClN3O3/c1-37-28-12-10-25(11-13-28)22-33(21-24-6-3-2-4-7-24)23-29-14-15-30(38-29)31(36)35-18-16-34(17-19-35)27-9-5-8-26(32)20-27/h2-15,20H,16-19,21-23H2,1H3. The number of benzene rings is 3. The maximum absolute atomic E-state index is 13.2. The van der Waals surface area contributed by atoms with Crippen molar-refractivity contribution in [1.29, 1.82) is 0 Å². The average molecular weight is 530 g/mol. The van der Waals surface area contributed by atoms with Crippen LogP contribution in [0.5, 0.6) is 5.75 Å². The zero-order valence-electron chi connectivity index (χ0n) is 21.6. The maximum atomic E-state index is 13.2. The summed E-state index contributed by atoms with van der Waals surface area (Å²) < 4.78 is 11.4. The Morgan fingerprint density at radius 2 is 1.55 bits per heavy atom. The Bertz CT molecular complexity index is 1330. The van der Waals surface area contributed by atoms with Gasteiger partial charge in [-0.25, -0.2) is 0 Å². The van der Waals surface area contributed by atoms with E-state index >= 15 is 0 Å². The fourth-order valence-electron chi connectivity index (χ4n) is 4.79. The van der Waals surface area contributed by atoms with Crippen LogP contribution in [0.25, 0.3) is 0 Å². The van der Waals surface area contributed by atoms with Crippen molar-refractivity contribution < 1.29 is 13.9 Å². The smallest absolute Gasteiger partial charge is 0.289 e. The van der Waals surface area contributed by atoms with Crippen LogP contribution in [0.2, 0.25) is 5.02 Å². The lowest BCUT2D eigenvalue weighted by atomic mass is 10.1. The molecule has 0 bridgehead atoms. The molecule has 1 aliphatic heterocycles. The molecule has 1 saturated heterocycles. The number of rotatable bonds is 9. The molecule has 0 atom stereocenters. The molecule has 4 aromatic rings. The third-order valence-electron chi connectivity index (χ3n) is 6.81. The number of anilines is 1. The van der Waals surface area contributed by atoms with E-state index in [2.05, 4.69) is 52.3 Å². The largest absolute Gasteiger partial charge is 0.497 e. The zero-order chi connectivity index (χ0) is 26.3. The number of piperazine rings is 1. The van der Waals surface area contributed by atoms with Gasteiger partial charge in [0.15, 0.2) is 5.76 Å². The van der Waals surface area contributed by atoms with Crippen LogP contribution in [0, 0.1) is 0 Å². The molecule has 0 saturated carbocycles. The second-order valence-electron chi connectivity index (χ2n) is 9.50. The van der Waals surface area contributed by atoms with Gasteiger partial charge in [-0.1, -0.05) is 60.1 Å². The number of carbonyl (C=O) groups excluding carboxylic acids is 1. The van der Waals surface area contributed by atoms with Crippen LogP contribution in [0.15, 0.2) is 95.4 Å². The summed E-state index contributed by atoms with van der Waals surface area (Å²) in [4.78, 5) is 19.6. The lowest BCUT2D eigenvalue weighted by Crippen LogP contribution is -2.48. The molecule has 1 amide bonds. The zero-order valence-corrected chi connectivity index (χ0v) is 22.3. The van der Waals surface area contributed by atoms with Crippen molar-refractivity contribution >= 4 is 23.2 Å². The predicted octanol–water partition coefficient (Wildman–Crippen LogP) is 6.11. The quantitative estimate of drug-likeness (QED) is 0.262. The van der Waals surface area contributed by atoms with Gasteiger partial charge in [0.05, 0.1) is 13.7 Å². The molecule has 0 aliphatic carbocycles. The molecule has 5 rings (SSSR count). The van der Waals surface area contributed by atoms with Gasteiger partial charge in [0.2, 0.25) is 0 Å². The number of furan rings is 1. The van der Waals surface area contributed by atoms with Crippen LogP contribution in [0.3, 0.4) is 0 Å². The van der Waals surface area contributed by atoms with E-state index in [1.165, 1.54) is 11.1 Å². The molecule has 0 unspecified atom stereocenters. The number of nitrogens with zero attached hydrogens (tertiary/aromatic N) is 3. The highest BCUT2D eigenvalue weighted by Crippen LogP contribution is 2.23. The lowest BCUT2D eigenvalue weighted by molar-refractivity contribution is 0.0710. The minimum Gasteiger partial charge on any atom is -0.497 e. The number of carbonyl (C=O) groups is 1. The fraction of sp³-hybridized carbons (Fsp3) is 0.258. The Morgan fingerprint density at radius 1 is 0.842 bits per heavy atom. The fourth-order valence-corrected chi connectivity index (χ4v) is 4.98. The van der Waals surface area contributed by atoms with E-state index in [0.717, 1.165) is 48.4 Å². The number of methoxy groups -OCH3 is 1. The second kappa shape index (κ2) is 12.2. The molecule has 0 N–H and O–H groups in total. The van der Waals surface area contributed by atoms with Crippen LogP contribution in [-0.4, -0.2) is 49.0 Å². The molecule has 0 radical (unpaired) electrons. The second-order valence-corrected chi connectivity index (χ2v) is 9.94. The third kappa shape index (κ3) is 6.57. The Labute approximate surface area is 229 Å². The van der Waals surface area contributed by atoms with E-state index in [0.29, 0.717) is 25.4 Å². The molecule has 1 fully saturated rings. The number of hydrogen-bond donors (Lipinski definition) is 0. The van der Waals surface area contributed by atoms with E-state index in [1.54, 1.807) is 13.2 Å². The Hall–Kier alpha value is -3.74. The summed E-state index contributed by atoms with van der Waals surface area (Å²) in [6.45, 7) is 4.89. The molecule has 2 heterocycles. The first-order valence-corrected chi connectivity index (χ1v) is 13.2. The summed E-state index contributed by atoms with van der Waals surface area (Å²) in [7, 11) is 1.67. The third-order valence-corrected chi connectivity index (χ3v) is 7.04. The normalized spacial score (nSPS) is 13.7. The monoisotopic (exact) mass is 529 g/mol. The van der Waals surface area contributed by atoms with Crippen LogP contribution >= 0.6 is 11.6 Å². The summed E-state index contributed by atoms with van der Waals surface area (Å²) in [6, 6.07) is 30.1. The summed E-state index contributed by atoms with van der Waals surface area (Å²) in [5.74, 6) is 1.94. The minimum absolute atomic E-state index is 0.0632. The number of hydrogen-bond acceptors (Lipinski definition) is 5. The molecule has 3 aromatic carbocycles. The molecule has 0 spiro atoms. The van der Waals surface area contributed by atoms with Crippen LogP contribution in [-0.2, 0) is 19.6 Å². The van der Waals surface area contributed by atoms with Crippen molar-refractivity contribution in [3.05, 3.63) is 119 Å². The summed E-state index contributed by atoms with van der Waals surface area (Å²) >= 11 is 6.15. The highest BCUT2D eigenvalue weighted by atomic mass is 35.5. The van der Waals surface area contributed by atoms with Crippen molar-refractivity contribution in [3.63, 3.8) is 0 Å². The molecule has 1 aliphatic rings. The van der Waals surface area contributed by atoms with Gasteiger partial charge < -0.3 is 19.0 Å². The van der Waals surface area contributed by atoms with Gasteiger partial charge in [-0.2, -0.15) is 0 Å². The van der Waals surface area contributed by atoms with Gasteiger partial charge in [-0.05, 0) is 53.6 Å². The highest BCUT2D eigenvalue weighted by molar-refractivity contribution is 6.30. The van der Waals surface area contributed by atoms with Gasteiger partial charge in [0.1, 0.15) is 11.5 Å². The van der Waals surface area contributed by atoms with Gasteiger partial charge in [0, 0.05) is 50.0 Å². The highest BCUT2D eigenvalue weighted by Gasteiger charge is 2.25. The summed E-state index contributed by atoms with van der Waals surface area (Å²) in [5.41, 5.74) is 3.49.